The van der Waals surface area contributed by atoms with Gasteiger partial charge in [0.15, 0.2) is 0 Å². The molecule has 0 radical (unpaired) electrons. The van der Waals surface area contributed by atoms with Crippen LogP contribution in [-0.4, -0.2) is 42.8 Å². The van der Waals surface area contributed by atoms with Gasteiger partial charge in [0, 0.05) is 37.2 Å². The lowest BCUT2D eigenvalue weighted by molar-refractivity contribution is 0.168. The maximum absolute atomic E-state index is 10.1. The van der Waals surface area contributed by atoms with Gasteiger partial charge in [-0.1, -0.05) is 11.2 Å². The van der Waals surface area contributed by atoms with Crippen LogP contribution in [0.4, 0.5) is 0 Å². The zero-order valence-electron chi connectivity index (χ0n) is 13.0. The maximum atomic E-state index is 10.1. The normalized spacial score (nSPS) is 21.2. The molecule has 0 bridgehead atoms. The van der Waals surface area contributed by atoms with Crippen LogP contribution in [0.2, 0.25) is 0 Å². The number of hydrogen-bond acceptors (Lipinski definition) is 7. The van der Waals surface area contributed by atoms with Crippen molar-refractivity contribution in [3.63, 3.8) is 0 Å². The van der Waals surface area contributed by atoms with E-state index in [9.17, 15) is 5.11 Å². The largest absolute Gasteiger partial charge is 0.392 e. The van der Waals surface area contributed by atoms with E-state index >= 15 is 0 Å². The van der Waals surface area contributed by atoms with Crippen molar-refractivity contribution in [1.29, 1.82) is 0 Å². The zero-order valence-corrected chi connectivity index (χ0v) is 13.0. The quantitative estimate of drug-likeness (QED) is 0.783. The Bertz CT molecular complexity index is 793. The van der Waals surface area contributed by atoms with Crippen molar-refractivity contribution in [3.05, 3.63) is 60.5 Å². The molecular weight excluding hydrogens is 306 g/mol. The van der Waals surface area contributed by atoms with Gasteiger partial charge in [0.2, 0.25) is 11.7 Å². The summed E-state index contributed by atoms with van der Waals surface area (Å²) < 4.78 is 5.46. The molecule has 3 aromatic heterocycles. The van der Waals surface area contributed by atoms with Crippen molar-refractivity contribution in [1.82, 2.24) is 25.0 Å². The van der Waals surface area contributed by atoms with Crippen LogP contribution in [0, 0.1) is 0 Å². The molecule has 1 aliphatic heterocycles. The van der Waals surface area contributed by atoms with E-state index in [0.717, 1.165) is 11.3 Å². The Hall–Kier alpha value is -2.64. The Balaban J connectivity index is 1.57. The van der Waals surface area contributed by atoms with Crippen LogP contribution < -0.4 is 0 Å². The second kappa shape index (κ2) is 6.46. The van der Waals surface area contributed by atoms with E-state index < -0.39 is 6.10 Å². The molecule has 2 atom stereocenters. The number of hydrogen-bond donors (Lipinski definition) is 1. The predicted molar refractivity (Wildman–Crippen MR) is 85.5 cm³/mol. The van der Waals surface area contributed by atoms with E-state index in [1.54, 1.807) is 18.6 Å². The minimum absolute atomic E-state index is 0.111. The predicted octanol–water partition coefficient (Wildman–Crippen LogP) is 1.83. The average molecular weight is 323 g/mol. The first-order valence-electron chi connectivity index (χ1n) is 7.85. The summed E-state index contributed by atoms with van der Waals surface area (Å²) in [6.45, 7) is 1.19. The first kappa shape index (κ1) is 14.9. The first-order chi connectivity index (χ1) is 11.8. The smallest absolute Gasteiger partial charge is 0.244 e. The molecule has 0 unspecified atom stereocenters. The standard InChI is InChI=1S/C17H17N5O2/c23-14-8-15(22(11-14)10-13-5-1-2-7-19-13)17-20-16(21-24-17)12-4-3-6-18-9-12/h1-7,9,14-15,23H,8,10-11H2/t14-,15+/m1/s1. The van der Waals surface area contributed by atoms with Gasteiger partial charge in [-0.15, -0.1) is 0 Å². The lowest BCUT2D eigenvalue weighted by atomic mass is 10.2. The molecule has 3 aromatic rings. The van der Waals surface area contributed by atoms with E-state index in [0.29, 0.717) is 31.2 Å². The second-order valence-electron chi connectivity index (χ2n) is 5.85. The monoisotopic (exact) mass is 323 g/mol. The third kappa shape index (κ3) is 3.04. The van der Waals surface area contributed by atoms with Crippen molar-refractivity contribution in [2.24, 2.45) is 0 Å². The van der Waals surface area contributed by atoms with Crippen molar-refractivity contribution >= 4 is 0 Å². The van der Waals surface area contributed by atoms with Crippen LogP contribution >= 0.6 is 0 Å². The molecule has 0 aromatic carbocycles. The van der Waals surface area contributed by atoms with Crippen LogP contribution in [0.3, 0.4) is 0 Å². The summed E-state index contributed by atoms with van der Waals surface area (Å²) in [5, 5.41) is 14.1. The van der Waals surface area contributed by atoms with Crippen molar-refractivity contribution < 1.29 is 9.63 Å². The molecule has 122 valence electrons. The van der Waals surface area contributed by atoms with Gasteiger partial charge >= 0.3 is 0 Å². The SMILES string of the molecule is O[C@@H]1C[C@@H](c2nc(-c3cccnc3)no2)N(Cc2ccccn2)C1. The fourth-order valence-corrected chi connectivity index (χ4v) is 2.99. The second-order valence-corrected chi connectivity index (χ2v) is 5.85. The molecule has 0 aliphatic carbocycles. The van der Waals surface area contributed by atoms with Crippen molar-refractivity contribution in [2.45, 2.75) is 25.1 Å². The minimum atomic E-state index is -0.410. The van der Waals surface area contributed by atoms with Gasteiger partial charge in [-0.25, -0.2) is 0 Å². The molecule has 0 spiro atoms. The topological polar surface area (TPSA) is 88.2 Å². The summed E-state index contributed by atoms with van der Waals surface area (Å²) in [5.74, 6) is 1.03. The summed E-state index contributed by atoms with van der Waals surface area (Å²) in [7, 11) is 0. The number of aromatic nitrogens is 4. The molecule has 0 saturated carbocycles. The highest BCUT2D eigenvalue weighted by atomic mass is 16.5. The highest BCUT2D eigenvalue weighted by Gasteiger charge is 2.36. The lowest BCUT2D eigenvalue weighted by Gasteiger charge is -2.20. The minimum Gasteiger partial charge on any atom is -0.392 e. The number of pyridine rings is 2. The molecule has 1 aliphatic rings. The Morgan fingerprint density at radius 2 is 2.17 bits per heavy atom. The van der Waals surface area contributed by atoms with Gasteiger partial charge in [-0.05, 0) is 30.7 Å². The fourth-order valence-electron chi connectivity index (χ4n) is 2.99. The number of likely N-dealkylation sites (tertiary alicyclic amines) is 1. The van der Waals surface area contributed by atoms with Crippen LogP contribution in [0.1, 0.15) is 24.0 Å². The Morgan fingerprint density at radius 1 is 1.21 bits per heavy atom. The third-order valence-corrected chi connectivity index (χ3v) is 4.12. The van der Waals surface area contributed by atoms with Crippen molar-refractivity contribution in [2.75, 3.05) is 6.54 Å². The molecule has 1 saturated heterocycles. The molecule has 1 N–H and O–H groups in total. The molecule has 4 heterocycles. The Labute approximate surface area is 139 Å². The lowest BCUT2D eigenvalue weighted by Crippen LogP contribution is -2.25. The van der Waals surface area contributed by atoms with Crippen molar-refractivity contribution in [3.8, 4) is 11.4 Å². The van der Waals surface area contributed by atoms with Gasteiger partial charge in [-0.3, -0.25) is 14.9 Å². The number of nitrogens with zero attached hydrogens (tertiary/aromatic N) is 5. The number of aliphatic hydroxyl groups is 1. The van der Waals surface area contributed by atoms with E-state index in [1.165, 1.54) is 0 Å². The Kier molecular flexibility index (Phi) is 4.02. The van der Waals surface area contributed by atoms with Gasteiger partial charge in [0.1, 0.15) is 0 Å². The summed E-state index contributed by atoms with van der Waals surface area (Å²) in [5.41, 5.74) is 1.76. The van der Waals surface area contributed by atoms with Gasteiger partial charge in [0.05, 0.1) is 17.8 Å². The summed E-state index contributed by atoms with van der Waals surface area (Å²) in [6.07, 6.45) is 5.33. The van der Waals surface area contributed by atoms with Crippen LogP contribution in [0.5, 0.6) is 0 Å². The molecule has 4 rings (SSSR count). The van der Waals surface area contributed by atoms with Crippen LogP contribution in [-0.2, 0) is 6.54 Å². The average Bonchev–Trinajstić information content (AvgIpc) is 3.23. The van der Waals surface area contributed by atoms with Crippen LogP contribution in [0.15, 0.2) is 53.4 Å². The summed E-state index contributed by atoms with van der Waals surface area (Å²) >= 11 is 0. The summed E-state index contributed by atoms with van der Waals surface area (Å²) in [6, 6.07) is 9.42. The molecule has 0 amide bonds. The molecule has 24 heavy (non-hydrogen) atoms. The van der Waals surface area contributed by atoms with Gasteiger partial charge in [-0.2, -0.15) is 4.98 Å². The number of aliphatic hydroxyl groups excluding tert-OH is 1. The van der Waals surface area contributed by atoms with E-state index in [-0.39, 0.29) is 6.04 Å². The molecule has 1 fully saturated rings. The third-order valence-electron chi connectivity index (χ3n) is 4.12. The molecule has 7 heteroatoms. The fraction of sp³-hybridized carbons (Fsp3) is 0.294. The number of rotatable bonds is 4. The van der Waals surface area contributed by atoms with Crippen LogP contribution in [0.25, 0.3) is 11.4 Å². The Morgan fingerprint density at radius 3 is 2.96 bits per heavy atom. The van der Waals surface area contributed by atoms with E-state index in [2.05, 4.69) is 25.0 Å². The highest BCUT2D eigenvalue weighted by molar-refractivity contribution is 5.51. The molecule has 7 nitrogen and oxygen atoms in total. The van der Waals surface area contributed by atoms with E-state index in [4.69, 9.17) is 4.52 Å². The summed E-state index contributed by atoms with van der Waals surface area (Å²) in [4.78, 5) is 15.0. The molecular formula is C17H17N5O2. The van der Waals surface area contributed by atoms with Gasteiger partial charge < -0.3 is 9.63 Å². The maximum Gasteiger partial charge on any atom is 0.244 e. The first-order valence-corrected chi connectivity index (χ1v) is 7.85. The zero-order chi connectivity index (χ0) is 16.4. The van der Waals surface area contributed by atoms with E-state index in [1.807, 2.05) is 30.3 Å². The van der Waals surface area contributed by atoms with Gasteiger partial charge in [0.25, 0.3) is 0 Å². The highest BCUT2D eigenvalue weighted by Crippen LogP contribution is 2.33. The number of β-amino-alcohol motifs (C(OH)–C–C–N with tert-alkyl or cyclic N) is 1.